The van der Waals surface area contributed by atoms with Gasteiger partial charge in [0.2, 0.25) is 5.13 Å². The Bertz CT molecular complexity index is 505. The maximum absolute atomic E-state index is 9.25. The fourth-order valence-corrected chi connectivity index (χ4v) is 2.23. The highest BCUT2D eigenvalue weighted by Gasteiger charge is 2.17. The van der Waals surface area contributed by atoms with Gasteiger partial charge in [0.05, 0.1) is 12.3 Å². The summed E-state index contributed by atoms with van der Waals surface area (Å²) in [6.45, 7) is 6.03. The van der Waals surface area contributed by atoms with Gasteiger partial charge < -0.3 is 5.11 Å². The van der Waals surface area contributed by atoms with E-state index in [1.165, 1.54) is 11.3 Å². The normalized spacial score (nSPS) is 11.4. The molecule has 2 aromatic heterocycles. The molecule has 0 aliphatic rings. The average Bonchev–Trinajstić information content (AvgIpc) is 2.84. The van der Waals surface area contributed by atoms with Crippen LogP contribution in [0.4, 0.5) is 0 Å². The predicted molar refractivity (Wildman–Crippen MR) is 64.0 cm³/mol. The third-order valence-electron chi connectivity index (χ3n) is 2.29. The smallest absolute Gasteiger partial charge is 0.234 e. The summed E-state index contributed by atoms with van der Waals surface area (Å²) in [5.41, 5.74) is 1.53. The maximum atomic E-state index is 9.25. The molecule has 0 saturated heterocycles. The maximum Gasteiger partial charge on any atom is 0.234 e. The number of aryl methyl sites for hydroxylation is 1. The van der Waals surface area contributed by atoms with Gasteiger partial charge in [-0.05, 0) is 19.3 Å². The van der Waals surface area contributed by atoms with Crippen LogP contribution in [0, 0.1) is 12.8 Å². The Morgan fingerprint density at radius 2 is 2.06 bits per heavy atom. The fraction of sp³-hybridized carbons (Fsp3) is 0.600. The lowest BCUT2D eigenvalue weighted by Crippen LogP contribution is -2.07. The Morgan fingerprint density at radius 3 is 2.59 bits per heavy atom. The minimum Gasteiger partial charge on any atom is -0.390 e. The SMILES string of the molecule is Cc1nnc(-n2nnc(CO)c2CC(C)C)s1. The van der Waals surface area contributed by atoms with Crippen molar-refractivity contribution in [2.45, 2.75) is 33.8 Å². The number of hydrogen-bond acceptors (Lipinski definition) is 6. The zero-order valence-electron chi connectivity index (χ0n) is 10.1. The molecule has 0 atom stereocenters. The first-order valence-electron chi connectivity index (χ1n) is 5.46. The second kappa shape index (κ2) is 4.89. The van der Waals surface area contributed by atoms with Gasteiger partial charge in [-0.25, -0.2) is 0 Å². The number of aliphatic hydroxyl groups excluding tert-OH is 1. The van der Waals surface area contributed by atoms with Crippen LogP contribution in [0.15, 0.2) is 0 Å². The molecule has 0 aliphatic heterocycles. The summed E-state index contributed by atoms with van der Waals surface area (Å²) in [5.74, 6) is 0.464. The second-order valence-corrected chi connectivity index (χ2v) is 5.41. The predicted octanol–water partition coefficient (Wildman–Crippen LogP) is 1.12. The molecule has 0 unspecified atom stereocenters. The molecule has 0 aliphatic carbocycles. The largest absolute Gasteiger partial charge is 0.390 e. The van der Waals surface area contributed by atoms with Crippen LogP contribution in [-0.2, 0) is 13.0 Å². The van der Waals surface area contributed by atoms with Crippen molar-refractivity contribution in [2.75, 3.05) is 0 Å². The van der Waals surface area contributed by atoms with E-state index in [2.05, 4.69) is 34.4 Å². The zero-order chi connectivity index (χ0) is 12.4. The summed E-state index contributed by atoms with van der Waals surface area (Å²) in [5, 5.41) is 26.9. The summed E-state index contributed by atoms with van der Waals surface area (Å²) in [6.07, 6.45) is 0.807. The molecule has 0 spiro atoms. The fourth-order valence-electron chi connectivity index (χ4n) is 1.57. The molecule has 17 heavy (non-hydrogen) atoms. The zero-order valence-corrected chi connectivity index (χ0v) is 10.9. The van der Waals surface area contributed by atoms with Crippen LogP contribution in [0.1, 0.15) is 30.2 Å². The van der Waals surface area contributed by atoms with Crippen LogP contribution in [0.25, 0.3) is 5.13 Å². The van der Waals surface area contributed by atoms with Crippen LogP contribution in [0.5, 0.6) is 0 Å². The molecule has 0 amide bonds. The Balaban J connectivity index is 2.43. The quantitative estimate of drug-likeness (QED) is 0.883. The molecule has 92 valence electrons. The van der Waals surface area contributed by atoms with Gasteiger partial charge in [0.15, 0.2) is 0 Å². The number of nitrogens with zero attached hydrogens (tertiary/aromatic N) is 5. The van der Waals surface area contributed by atoms with E-state index in [0.29, 0.717) is 16.7 Å². The molecule has 7 heteroatoms. The van der Waals surface area contributed by atoms with Crippen molar-refractivity contribution in [3.8, 4) is 5.13 Å². The summed E-state index contributed by atoms with van der Waals surface area (Å²) in [4.78, 5) is 0. The molecule has 0 fully saturated rings. The van der Waals surface area contributed by atoms with E-state index >= 15 is 0 Å². The first-order valence-corrected chi connectivity index (χ1v) is 6.28. The van der Waals surface area contributed by atoms with Crippen molar-refractivity contribution in [2.24, 2.45) is 5.92 Å². The van der Waals surface area contributed by atoms with E-state index in [1.807, 2.05) is 6.92 Å². The van der Waals surface area contributed by atoms with Gasteiger partial charge >= 0.3 is 0 Å². The Hall–Kier alpha value is -1.34. The topological polar surface area (TPSA) is 76.7 Å². The molecular formula is C10H15N5OS. The average molecular weight is 253 g/mol. The Morgan fingerprint density at radius 1 is 1.29 bits per heavy atom. The minimum absolute atomic E-state index is 0.0974. The summed E-state index contributed by atoms with van der Waals surface area (Å²) in [7, 11) is 0. The molecule has 0 bridgehead atoms. The van der Waals surface area contributed by atoms with Crippen LogP contribution in [0.3, 0.4) is 0 Å². The van der Waals surface area contributed by atoms with E-state index in [9.17, 15) is 5.11 Å². The molecule has 1 N–H and O–H groups in total. The van der Waals surface area contributed by atoms with Crippen LogP contribution in [0.2, 0.25) is 0 Å². The van der Waals surface area contributed by atoms with Gasteiger partial charge in [-0.3, -0.25) is 0 Å². The highest BCUT2D eigenvalue weighted by molar-refractivity contribution is 7.13. The van der Waals surface area contributed by atoms with E-state index in [1.54, 1.807) is 4.68 Å². The molecule has 2 rings (SSSR count). The Kier molecular flexibility index (Phi) is 3.49. The van der Waals surface area contributed by atoms with Crippen molar-refractivity contribution in [3.05, 3.63) is 16.4 Å². The molecular weight excluding hydrogens is 238 g/mol. The lowest BCUT2D eigenvalue weighted by Gasteiger charge is -2.06. The van der Waals surface area contributed by atoms with Gasteiger partial charge in [0.25, 0.3) is 0 Å². The summed E-state index contributed by atoms with van der Waals surface area (Å²) in [6, 6.07) is 0. The lowest BCUT2D eigenvalue weighted by molar-refractivity contribution is 0.275. The molecule has 2 aromatic rings. The molecule has 0 aromatic carbocycles. The lowest BCUT2D eigenvalue weighted by atomic mass is 10.1. The molecule has 6 nitrogen and oxygen atoms in total. The molecule has 2 heterocycles. The van der Waals surface area contributed by atoms with Gasteiger partial charge in [0.1, 0.15) is 10.7 Å². The number of aliphatic hydroxyl groups is 1. The number of rotatable bonds is 4. The third kappa shape index (κ3) is 2.50. The van der Waals surface area contributed by atoms with Crippen LogP contribution >= 0.6 is 11.3 Å². The minimum atomic E-state index is -0.0974. The second-order valence-electron chi connectivity index (χ2n) is 4.25. The molecule has 0 saturated carbocycles. The Labute approximate surface area is 103 Å². The van der Waals surface area contributed by atoms with Crippen molar-refractivity contribution in [3.63, 3.8) is 0 Å². The van der Waals surface area contributed by atoms with Crippen molar-refractivity contribution >= 4 is 11.3 Å². The van der Waals surface area contributed by atoms with Crippen LogP contribution < -0.4 is 0 Å². The van der Waals surface area contributed by atoms with E-state index in [-0.39, 0.29) is 6.61 Å². The van der Waals surface area contributed by atoms with Crippen LogP contribution in [-0.4, -0.2) is 30.3 Å². The summed E-state index contributed by atoms with van der Waals surface area (Å²) >= 11 is 1.46. The van der Waals surface area contributed by atoms with E-state index in [4.69, 9.17) is 0 Å². The monoisotopic (exact) mass is 253 g/mol. The summed E-state index contributed by atoms with van der Waals surface area (Å²) < 4.78 is 1.68. The van der Waals surface area contributed by atoms with E-state index < -0.39 is 0 Å². The van der Waals surface area contributed by atoms with Crippen molar-refractivity contribution < 1.29 is 5.11 Å². The highest BCUT2D eigenvalue weighted by Crippen LogP contribution is 2.19. The first kappa shape index (κ1) is 12.1. The third-order valence-corrected chi connectivity index (χ3v) is 3.11. The number of aromatic nitrogens is 5. The van der Waals surface area contributed by atoms with Crippen molar-refractivity contribution in [1.29, 1.82) is 0 Å². The van der Waals surface area contributed by atoms with Gasteiger partial charge in [0, 0.05) is 0 Å². The molecule has 0 radical (unpaired) electrons. The van der Waals surface area contributed by atoms with Crippen molar-refractivity contribution in [1.82, 2.24) is 25.2 Å². The number of hydrogen-bond donors (Lipinski definition) is 1. The first-order chi connectivity index (χ1) is 8.11. The van der Waals surface area contributed by atoms with Gasteiger partial charge in [-0.1, -0.05) is 30.4 Å². The standard InChI is InChI=1S/C10H15N5OS/c1-6(2)4-9-8(5-16)12-14-15(9)10-13-11-7(3)17-10/h6,16H,4-5H2,1-3H3. The van der Waals surface area contributed by atoms with E-state index in [0.717, 1.165) is 17.1 Å². The van der Waals surface area contributed by atoms with Gasteiger partial charge in [-0.2, -0.15) is 4.68 Å². The highest BCUT2D eigenvalue weighted by atomic mass is 32.1. The van der Waals surface area contributed by atoms with Gasteiger partial charge in [-0.15, -0.1) is 15.3 Å².